The van der Waals surface area contributed by atoms with Gasteiger partial charge < -0.3 is 16.4 Å². The Hall–Kier alpha value is -3.48. The summed E-state index contributed by atoms with van der Waals surface area (Å²) in [6, 6.07) is 17.0. The minimum Gasteiger partial charge on any atom is -0.359 e. The van der Waals surface area contributed by atoms with Crippen LogP contribution in [0.3, 0.4) is 0 Å². The number of amides is 2. The van der Waals surface area contributed by atoms with Gasteiger partial charge in [0.05, 0.1) is 11.2 Å². The average molecular weight is 377 g/mol. The lowest BCUT2D eigenvalue weighted by Crippen LogP contribution is -2.42. The fraction of sp³-hybridized carbons (Fsp3) is 0.190. The minimum absolute atomic E-state index is 0.216. The summed E-state index contributed by atoms with van der Waals surface area (Å²) in [6.07, 6.45) is 3.05. The number of nitrogens with two attached hydrogens (primary N) is 1. The summed E-state index contributed by atoms with van der Waals surface area (Å²) in [5.74, 6) is 0.444. The second-order valence-corrected chi connectivity index (χ2v) is 6.94. The minimum atomic E-state index is -0.603. The van der Waals surface area contributed by atoms with Crippen LogP contribution in [-0.4, -0.2) is 16.2 Å². The van der Waals surface area contributed by atoms with E-state index in [9.17, 15) is 9.18 Å². The Kier molecular flexibility index (Phi) is 4.65. The number of halogens is 1. The van der Waals surface area contributed by atoms with E-state index in [1.165, 1.54) is 12.1 Å². The molecule has 0 radical (unpaired) electrons. The molecule has 4 rings (SSSR count). The second kappa shape index (κ2) is 7.26. The number of nitrogens with zero attached hydrogens (tertiary/aromatic N) is 2. The second-order valence-electron chi connectivity index (χ2n) is 6.94. The molecule has 0 saturated heterocycles. The fourth-order valence-electron chi connectivity index (χ4n) is 3.45. The van der Waals surface area contributed by atoms with Crippen LogP contribution in [0, 0.1) is 5.82 Å². The highest BCUT2D eigenvalue weighted by Crippen LogP contribution is 2.43. The van der Waals surface area contributed by atoms with Crippen LogP contribution in [0.2, 0.25) is 0 Å². The van der Waals surface area contributed by atoms with Crippen molar-refractivity contribution in [2.45, 2.75) is 24.8 Å². The summed E-state index contributed by atoms with van der Waals surface area (Å²) in [5.41, 5.74) is 8.17. The maximum atomic E-state index is 13.2. The Labute approximate surface area is 162 Å². The van der Waals surface area contributed by atoms with Crippen molar-refractivity contribution in [3.05, 3.63) is 72.0 Å². The first-order chi connectivity index (χ1) is 13.5. The lowest BCUT2D eigenvalue weighted by Gasteiger charge is -2.43. The highest BCUT2D eigenvalue weighted by molar-refractivity contribution is 5.88. The number of hydrogen-bond donors (Lipinski definition) is 3. The number of urea groups is 1. The van der Waals surface area contributed by atoms with Crippen molar-refractivity contribution in [2.75, 3.05) is 10.6 Å². The van der Waals surface area contributed by atoms with Crippen molar-refractivity contribution in [1.29, 1.82) is 0 Å². The zero-order valence-corrected chi connectivity index (χ0v) is 15.2. The number of anilines is 2. The van der Waals surface area contributed by atoms with Crippen LogP contribution in [0.25, 0.3) is 11.3 Å². The number of nitrogens with one attached hydrogen (secondary N) is 2. The summed E-state index contributed by atoms with van der Waals surface area (Å²) in [4.78, 5) is 10.9. The van der Waals surface area contributed by atoms with Crippen molar-refractivity contribution in [3.63, 3.8) is 0 Å². The van der Waals surface area contributed by atoms with Gasteiger partial charge in [-0.2, -0.15) is 0 Å². The topological polar surface area (TPSA) is 92.9 Å². The lowest BCUT2D eigenvalue weighted by molar-refractivity contribution is 0.259. The number of aromatic nitrogens is 2. The van der Waals surface area contributed by atoms with Gasteiger partial charge in [-0.1, -0.05) is 24.3 Å². The van der Waals surface area contributed by atoms with Crippen LogP contribution >= 0.6 is 0 Å². The van der Waals surface area contributed by atoms with Gasteiger partial charge in [-0.15, -0.1) is 10.2 Å². The molecule has 28 heavy (non-hydrogen) atoms. The van der Waals surface area contributed by atoms with Gasteiger partial charge in [0.15, 0.2) is 0 Å². The normalized spacial score (nSPS) is 14.8. The van der Waals surface area contributed by atoms with E-state index in [2.05, 4.69) is 20.8 Å². The van der Waals surface area contributed by atoms with E-state index in [-0.39, 0.29) is 11.4 Å². The molecule has 7 heteroatoms. The Morgan fingerprint density at radius 2 is 1.68 bits per heavy atom. The highest BCUT2D eigenvalue weighted by atomic mass is 19.1. The lowest BCUT2D eigenvalue weighted by atomic mass is 9.72. The summed E-state index contributed by atoms with van der Waals surface area (Å²) in [6.45, 7) is 0. The van der Waals surface area contributed by atoms with Crippen molar-refractivity contribution in [1.82, 2.24) is 10.2 Å². The first kappa shape index (κ1) is 17.9. The zero-order chi connectivity index (χ0) is 19.6. The van der Waals surface area contributed by atoms with Crippen molar-refractivity contribution in [2.24, 2.45) is 5.73 Å². The number of rotatable bonds is 5. The SMILES string of the molecule is NC(=O)Nc1ccc(-c2ccc(NC3(c4ccc(F)cc4)CCC3)nn2)cc1. The highest BCUT2D eigenvalue weighted by Gasteiger charge is 2.39. The summed E-state index contributed by atoms with van der Waals surface area (Å²) in [7, 11) is 0. The van der Waals surface area contributed by atoms with E-state index in [0.29, 0.717) is 11.5 Å². The number of benzene rings is 2. The fourth-order valence-corrected chi connectivity index (χ4v) is 3.45. The molecule has 0 aliphatic heterocycles. The zero-order valence-electron chi connectivity index (χ0n) is 15.2. The predicted octanol–water partition coefficient (Wildman–Crippen LogP) is 4.26. The molecule has 4 N–H and O–H groups in total. The maximum Gasteiger partial charge on any atom is 0.316 e. The van der Waals surface area contributed by atoms with E-state index in [1.54, 1.807) is 12.1 Å². The standard InChI is InChI=1S/C21H20FN5O/c22-16-6-4-15(5-7-16)21(12-1-13-21)25-19-11-10-18(26-27-19)14-2-8-17(9-3-14)24-20(23)28/h2-11H,1,12-13H2,(H,25,27)(H3,23,24,28). The quantitative estimate of drug-likeness (QED) is 0.619. The van der Waals surface area contributed by atoms with Gasteiger partial charge in [0.25, 0.3) is 0 Å². The van der Waals surface area contributed by atoms with Crippen molar-refractivity contribution < 1.29 is 9.18 Å². The summed E-state index contributed by atoms with van der Waals surface area (Å²) >= 11 is 0. The Morgan fingerprint density at radius 1 is 0.964 bits per heavy atom. The van der Waals surface area contributed by atoms with Gasteiger partial charge in [-0.3, -0.25) is 0 Å². The van der Waals surface area contributed by atoms with E-state index in [0.717, 1.165) is 36.1 Å². The third-order valence-corrected chi connectivity index (χ3v) is 5.08. The number of primary amides is 1. The molecule has 1 aliphatic rings. The van der Waals surface area contributed by atoms with Crippen LogP contribution in [-0.2, 0) is 5.54 Å². The third-order valence-electron chi connectivity index (χ3n) is 5.08. The van der Waals surface area contributed by atoms with Gasteiger partial charge in [0.1, 0.15) is 11.6 Å². The van der Waals surface area contributed by atoms with Crippen molar-refractivity contribution in [3.8, 4) is 11.3 Å². The average Bonchev–Trinajstić information content (AvgIpc) is 2.66. The Balaban J connectivity index is 1.50. The van der Waals surface area contributed by atoms with Crippen LogP contribution in [0.15, 0.2) is 60.7 Å². The van der Waals surface area contributed by atoms with Gasteiger partial charge in [0, 0.05) is 11.3 Å². The Morgan fingerprint density at radius 3 is 2.21 bits per heavy atom. The molecule has 0 bridgehead atoms. The molecule has 0 atom stereocenters. The molecular weight excluding hydrogens is 357 g/mol. The maximum absolute atomic E-state index is 13.2. The molecule has 2 amide bonds. The molecule has 1 aliphatic carbocycles. The monoisotopic (exact) mass is 377 g/mol. The molecule has 142 valence electrons. The number of carbonyl (C=O) groups excluding carboxylic acids is 1. The smallest absolute Gasteiger partial charge is 0.316 e. The van der Waals surface area contributed by atoms with Crippen LogP contribution in [0.4, 0.5) is 20.7 Å². The van der Waals surface area contributed by atoms with E-state index in [1.807, 2.05) is 36.4 Å². The molecule has 3 aromatic rings. The molecule has 1 fully saturated rings. The Bertz CT molecular complexity index is 967. The molecule has 1 aromatic heterocycles. The van der Waals surface area contributed by atoms with E-state index < -0.39 is 6.03 Å². The van der Waals surface area contributed by atoms with Gasteiger partial charge in [-0.05, 0) is 61.2 Å². The molecule has 1 saturated carbocycles. The van der Waals surface area contributed by atoms with Gasteiger partial charge >= 0.3 is 6.03 Å². The first-order valence-corrected chi connectivity index (χ1v) is 9.09. The molecule has 1 heterocycles. The van der Waals surface area contributed by atoms with Crippen molar-refractivity contribution >= 4 is 17.5 Å². The first-order valence-electron chi connectivity index (χ1n) is 9.09. The van der Waals surface area contributed by atoms with Crippen LogP contribution < -0.4 is 16.4 Å². The molecule has 6 nitrogen and oxygen atoms in total. The summed E-state index contributed by atoms with van der Waals surface area (Å²) < 4.78 is 13.2. The van der Waals surface area contributed by atoms with E-state index >= 15 is 0 Å². The molecular formula is C21H20FN5O. The van der Waals surface area contributed by atoms with Gasteiger partial charge in [-0.25, -0.2) is 9.18 Å². The summed E-state index contributed by atoms with van der Waals surface area (Å²) in [5, 5.41) is 14.6. The molecule has 2 aromatic carbocycles. The number of hydrogen-bond acceptors (Lipinski definition) is 4. The number of carbonyl (C=O) groups is 1. The molecule has 0 spiro atoms. The van der Waals surface area contributed by atoms with Gasteiger partial charge in [0.2, 0.25) is 0 Å². The molecule has 0 unspecified atom stereocenters. The largest absolute Gasteiger partial charge is 0.359 e. The van der Waals surface area contributed by atoms with E-state index in [4.69, 9.17) is 5.73 Å². The third kappa shape index (κ3) is 3.64. The van der Waals surface area contributed by atoms with Crippen LogP contribution in [0.5, 0.6) is 0 Å². The predicted molar refractivity (Wildman–Crippen MR) is 106 cm³/mol. The van der Waals surface area contributed by atoms with Crippen LogP contribution in [0.1, 0.15) is 24.8 Å².